The minimum atomic E-state index is -0.381. The fourth-order valence-electron chi connectivity index (χ4n) is 2.50. The van der Waals surface area contributed by atoms with E-state index in [2.05, 4.69) is 15.6 Å². The first-order valence-corrected chi connectivity index (χ1v) is 9.04. The lowest BCUT2D eigenvalue weighted by molar-refractivity contribution is 0.0942. The average Bonchev–Trinajstić information content (AvgIpc) is 2.77. The van der Waals surface area contributed by atoms with E-state index in [-0.39, 0.29) is 23.2 Å². The summed E-state index contributed by atoms with van der Waals surface area (Å²) in [6, 6.07) is 21.0. The predicted molar refractivity (Wildman–Crippen MR) is 109 cm³/mol. The van der Waals surface area contributed by atoms with Crippen molar-refractivity contribution in [1.29, 1.82) is 0 Å². The molecule has 0 saturated carbocycles. The monoisotopic (exact) mass is 391 g/mol. The molecular formula is C22H21N3O4. The third-order valence-corrected chi connectivity index (χ3v) is 3.96. The molecule has 2 amide bonds. The van der Waals surface area contributed by atoms with Gasteiger partial charge in [0.2, 0.25) is 0 Å². The SMILES string of the molecule is COc1ccc(OCCNC(=O)c2cccc(C(=O)Nc3ccccc3)n2)cc1. The van der Waals surface area contributed by atoms with Gasteiger partial charge in [0.1, 0.15) is 29.5 Å². The summed E-state index contributed by atoms with van der Waals surface area (Å²) in [7, 11) is 1.60. The van der Waals surface area contributed by atoms with Gasteiger partial charge in [0.05, 0.1) is 13.7 Å². The van der Waals surface area contributed by atoms with Crippen LogP contribution in [0.1, 0.15) is 21.0 Å². The van der Waals surface area contributed by atoms with E-state index in [4.69, 9.17) is 9.47 Å². The molecule has 0 radical (unpaired) electrons. The summed E-state index contributed by atoms with van der Waals surface area (Å²) in [4.78, 5) is 28.8. The molecule has 0 aliphatic carbocycles. The summed E-state index contributed by atoms with van der Waals surface area (Å²) in [5.74, 6) is 0.664. The number of ether oxygens (including phenoxy) is 2. The van der Waals surface area contributed by atoms with Gasteiger partial charge in [0.25, 0.3) is 11.8 Å². The maximum Gasteiger partial charge on any atom is 0.274 e. The van der Waals surface area contributed by atoms with Crippen LogP contribution in [0.3, 0.4) is 0 Å². The number of amides is 2. The second-order valence-electron chi connectivity index (χ2n) is 6.01. The molecule has 3 rings (SSSR count). The van der Waals surface area contributed by atoms with Crippen molar-refractivity contribution in [3.8, 4) is 11.5 Å². The van der Waals surface area contributed by atoms with Gasteiger partial charge in [0.15, 0.2) is 0 Å². The number of para-hydroxylation sites is 1. The molecule has 1 heterocycles. The molecule has 0 fully saturated rings. The van der Waals surface area contributed by atoms with Crippen LogP contribution in [-0.2, 0) is 0 Å². The van der Waals surface area contributed by atoms with Gasteiger partial charge in [-0.2, -0.15) is 0 Å². The summed E-state index contributed by atoms with van der Waals surface area (Å²) >= 11 is 0. The van der Waals surface area contributed by atoms with Gasteiger partial charge in [-0.3, -0.25) is 9.59 Å². The Hall–Kier alpha value is -3.87. The number of hydrogen-bond acceptors (Lipinski definition) is 5. The summed E-state index contributed by atoms with van der Waals surface area (Å²) in [5.41, 5.74) is 0.982. The van der Waals surface area contributed by atoms with Crippen LogP contribution in [-0.4, -0.2) is 37.1 Å². The van der Waals surface area contributed by atoms with Crippen LogP contribution in [0, 0.1) is 0 Å². The molecule has 2 N–H and O–H groups in total. The molecular weight excluding hydrogens is 370 g/mol. The minimum absolute atomic E-state index is 0.162. The zero-order valence-corrected chi connectivity index (χ0v) is 15.9. The number of nitrogens with zero attached hydrogens (tertiary/aromatic N) is 1. The van der Waals surface area contributed by atoms with Crippen LogP contribution < -0.4 is 20.1 Å². The first-order chi connectivity index (χ1) is 14.2. The minimum Gasteiger partial charge on any atom is -0.497 e. The molecule has 0 spiro atoms. The second kappa shape index (κ2) is 9.89. The first-order valence-electron chi connectivity index (χ1n) is 9.04. The van der Waals surface area contributed by atoms with Crippen LogP contribution in [0.5, 0.6) is 11.5 Å². The number of carbonyl (C=O) groups is 2. The summed E-state index contributed by atoms with van der Waals surface area (Å²) in [5, 5.41) is 5.47. The van der Waals surface area contributed by atoms with Gasteiger partial charge in [0, 0.05) is 5.69 Å². The van der Waals surface area contributed by atoms with Crippen molar-refractivity contribution in [2.45, 2.75) is 0 Å². The highest BCUT2D eigenvalue weighted by molar-refractivity contribution is 6.03. The number of anilines is 1. The number of rotatable bonds is 8. The van der Waals surface area contributed by atoms with Crippen molar-refractivity contribution in [2.75, 3.05) is 25.6 Å². The quantitative estimate of drug-likeness (QED) is 0.576. The Morgan fingerprint density at radius 3 is 2.17 bits per heavy atom. The average molecular weight is 391 g/mol. The fraction of sp³-hybridized carbons (Fsp3) is 0.136. The highest BCUT2D eigenvalue weighted by Crippen LogP contribution is 2.16. The summed E-state index contributed by atoms with van der Waals surface area (Å²) in [6.45, 7) is 0.596. The Kier molecular flexibility index (Phi) is 6.78. The smallest absolute Gasteiger partial charge is 0.274 e. The van der Waals surface area contributed by atoms with E-state index in [1.165, 1.54) is 0 Å². The third-order valence-electron chi connectivity index (χ3n) is 3.96. The Labute approximate surface area is 168 Å². The highest BCUT2D eigenvalue weighted by Gasteiger charge is 2.12. The lowest BCUT2D eigenvalue weighted by Gasteiger charge is -2.09. The number of aromatic nitrogens is 1. The maximum atomic E-state index is 12.3. The van der Waals surface area contributed by atoms with E-state index in [0.29, 0.717) is 24.6 Å². The molecule has 1 aromatic heterocycles. The van der Waals surface area contributed by atoms with Crippen molar-refractivity contribution >= 4 is 17.5 Å². The first kappa shape index (κ1) is 19.9. The molecule has 7 nitrogen and oxygen atoms in total. The van der Waals surface area contributed by atoms with Crippen LogP contribution in [0.15, 0.2) is 72.8 Å². The number of nitrogens with one attached hydrogen (secondary N) is 2. The Morgan fingerprint density at radius 2 is 1.48 bits per heavy atom. The van der Waals surface area contributed by atoms with Gasteiger partial charge >= 0.3 is 0 Å². The Balaban J connectivity index is 1.50. The lowest BCUT2D eigenvalue weighted by atomic mass is 10.2. The number of benzene rings is 2. The topological polar surface area (TPSA) is 89.5 Å². The summed E-state index contributed by atoms with van der Waals surface area (Å²) < 4.78 is 10.7. The van der Waals surface area contributed by atoms with Crippen molar-refractivity contribution in [3.05, 3.63) is 84.2 Å². The van der Waals surface area contributed by atoms with Crippen LogP contribution in [0.2, 0.25) is 0 Å². The van der Waals surface area contributed by atoms with Gasteiger partial charge in [-0.1, -0.05) is 24.3 Å². The van der Waals surface area contributed by atoms with Crippen molar-refractivity contribution in [2.24, 2.45) is 0 Å². The highest BCUT2D eigenvalue weighted by atomic mass is 16.5. The zero-order chi connectivity index (χ0) is 20.5. The lowest BCUT2D eigenvalue weighted by Crippen LogP contribution is -2.29. The Morgan fingerprint density at radius 1 is 0.828 bits per heavy atom. The van der Waals surface area contributed by atoms with Gasteiger partial charge in [-0.25, -0.2) is 4.98 Å². The van der Waals surface area contributed by atoms with Crippen molar-refractivity contribution < 1.29 is 19.1 Å². The molecule has 0 saturated heterocycles. The fourth-order valence-corrected chi connectivity index (χ4v) is 2.50. The molecule has 148 valence electrons. The molecule has 0 atom stereocenters. The number of carbonyl (C=O) groups excluding carboxylic acids is 2. The number of methoxy groups -OCH3 is 1. The van der Waals surface area contributed by atoms with E-state index in [0.717, 1.165) is 5.75 Å². The summed E-state index contributed by atoms with van der Waals surface area (Å²) in [6.07, 6.45) is 0. The van der Waals surface area contributed by atoms with Gasteiger partial charge in [-0.05, 0) is 48.5 Å². The molecule has 7 heteroatoms. The maximum absolute atomic E-state index is 12.3. The van der Waals surface area contributed by atoms with E-state index >= 15 is 0 Å². The van der Waals surface area contributed by atoms with Crippen molar-refractivity contribution in [3.63, 3.8) is 0 Å². The molecule has 0 aliphatic heterocycles. The Bertz CT molecular complexity index is 959. The molecule has 3 aromatic rings. The molecule has 2 aromatic carbocycles. The van der Waals surface area contributed by atoms with Gasteiger partial charge in [-0.15, -0.1) is 0 Å². The van der Waals surface area contributed by atoms with Crippen LogP contribution in [0.4, 0.5) is 5.69 Å². The van der Waals surface area contributed by atoms with Crippen LogP contribution in [0.25, 0.3) is 0 Å². The standard InChI is InChI=1S/C22H21N3O4/c1-28-17-10-12-18(13-11-17)29-15-14-23-21(26)19-8-5-9-20(25-19)22(27)24-16-6-3-2-4-7-16/h2-13H,14-15H2,1H3,(H,23,26)(H,24,27). The molecule has 0 aliphatic rings. The largest absolute Gasteiger partial charge is 0.497 e. The zero-order valence-electron chi connectivity index (χ0n) is 15.9. The van der Waals surface area contributed by atoms with E-state index in [1.54, 1.807) is 61.7 Å². The predicted octanol–water partition coefficient (Wildman–Crippen LogP) is 3.15. The van der Waals surface area contributed by atoms with E-state index in [9.17, 15) is 9.59 Å². The molecule has 29 heavy (non-hydrogen) atoms. The molecule has 0 bridgehead atoms. The second-order valence-corrected chi connectivity index (χ2v) is 6.01. The van der Waals surface area contributed by atoms with E-state index in [1.807, 2.05) is 18.2 Å². The van der Waals surface area contributed by atoms with Gasteiger partial charge < -0.3 is 20.1 Å². The normalized spacial score (nSPS) is 10.1. The molecule has 0 unspecified atom stereocenters. The number of pyridine rings is 1. The number of hydrogen-bond donors (Lipinski definition) is 2. The van der Waals surface area contributed by atoms with Crippen LogP contribution >= 0.6 is 0 Å². The van der Waals surface area contributed by atoms with E-state index < -0.39 is 0 Å². The van der Waals surface area contributed by atoms with Crippen molar-refractivity contribution in [1.82, 2.24) is 10.3 Å². The third kappa shape index (κ3) is 5.80.